The van der Waals surface area contributed by atoms with Crippen molar-refractivity contribution in [2.24, 2.45) is 7.05 Å². The van der Waals surface area contributed by atoms with Gasteiger partial charge in [-0.2, -0.15) is 5.10 Å². The Labute approximate surface area is 146 Å². The second-order valence-electron chi connectivity index (χ2n) is 7.67. The van der Waals surface area contributed by atoms with Crippen molar-refractivity contribution < 1.29 is 0 Å². The Hall–Kier alpha value is -2.18. The second-order valence-corrected chi connectivity index (χ2v) is 7.67. The van der Waals surface area contributed by atoms with Gasteiger partial charge in [-0.25, -0.2) is 19.4 Å². The smallest absolute Gasteiger partial charge is 0.345 e. The Morgan fingerprint density at radius 2 is 1.80 bits per heavy atom. The van der Waals surface area contributed by atoms with Crippen LogP contribution in [0.4, 0.5) is 5.82 Å². The van der Waals surface area contributed by atoms with E-state index in [1.54, 1.807) is 7.05 Å². The molecule has 3 aliphatic rings. The number of piperidine rings is 1. The molecule has 3 heterocycles. The monoisotopic (exact) mass is 340 g/mol. The van der Waals surface area contributed by atoms with Crippen molar-refractivity contribution in [2.75, 3.05) is 18.0 Å². The zero-order valence-corrected chi connectivity index (χ0v) is 14.6. The van der Waals surface area contributed by atoms with E-state index in [1.807, 2.05) is 16.8 Å². The molecule has 1 aliphatic heterocycles. The summed E-state index contributed by atoms with van der Waals surface area (Å²) in [5.74, 6) is 4.01. The van der Waals surface area contributed by atoms with E-state index in [4.69, 9.17) is 4.98 Å². The minimum Gasteiger partial charge on any atom is -0.356 e. The Morgan fingerprint density at radius 3 is 2.48 bits per heavy atom. The van der Waals surface area contributed by atoms with Gasteiger partial charge in [0.1, 0.15) is 17.5 Å². The summed E-state index contributed by atoms with van der Waals surface area (Å²) in [6.45, 7) is 1.92. The SMILES string of the molecule is Cn1nc(C2CCN(c3ccnc(C4CC4)n3)CC2)n(C2CC2)c1=O. The van der Waals surface area contributed by atoms with E-state index in [0.717, 1.165) is 56.2 Å². The molecule has 5 rings (SSSR count). The van der Waals surface area contributed by atoms with E-state index in [2.05, 4.69) is 15.0 Å². The van der Waals surface area contributed by atoms with E-state index in [-0.39, 0.29) is 5.69 Å². The summed E-state index contributed by atoms with van der Waals surface area (Å²) in [4.78, 5) is 23.9. The van der Waals surface area contributed by atoms with Crippen molar-refractivity contribution in [3.05, 3.63) is 34.4 Å². The summed E-state index contributed by atoms with van der Waals surface area (Å²) < 4.78 is 3.46. The lowest BCUT2D eigenvalue weighted by Crippen LogP contribution is -2.35. The molecule has 1 saturated heterocycles. The third kappa shape index (κ3) is 2.75. The van der Waals surface area contributed by atoms with Crippen LogP contribution in [0.5, 0.6) is 0 Å². The van der Waals surface area contributed by atoms with Gasteiger partial charge in [0, 0.05) is 44.2 Å². The van der Waals surface area contributed by atoms with E-state index >= 15 is 0 Å². The molecule has 0 aromatic carbocycles. The van der Waals surface area contributed by atoms with Crippen molar-refractivity contribution in [1.82, 2.24) is 24.3 Å². The van der Waals surface area contributed by atoms with Crippen molar-refractivity contribution in [3.8, 4) is 0 Å². The topological polar surface area (TPSA) is 68.8 Å². The first-order chi connectivity index (χ1) is 12.2. The molecule has 3 fully saturated rings. The molecule has 2 aromatic rings. The molecule has 0 unspecified atom stereocenters. The number of aromatic nitrogens is 5. The van der Waals surface area contributed by atoms with Gasteiger partial charge in [0.15, 0.2) is 0 Å². The average molecular weight is 340 g/mol. The molecular formula is C18H24N6O. The molecule has 0 bridgehead atoms. The summed E-state index contributed by atoms with van der Waals surface area (Å²) in [7, 11) is 1.76. The summed E-state index contributed by atoms with van der Waals surface area (Å²) in [6, 6.07) is 2.41. The van der Waals surface area contributed by atoms with Gasteiger partial charge in [-0.05, 0) is 44.6 Å². The zero-order chi connectivity index (χ0) is 17.0. The highest BCUT2D eigenvalue weighted by Gasteiger charge is 2.34. The fraction of sp³-hybridized carbons (Fsp3) is 0.667. The molecule has 7 heteroatoms. The lowest BCUT2D eigenvalue weighted by atomic mass is 9.96. The molecule has 0 spiro atoms. The number of hydrogen-bond acceptors (Lipinski definition) is 5. The molecule has 0 radical (unpaired) electrons. The molecule has 0 atom stereocenters. The largest absolute Gasteiger partial charge is 0.356 e. The minimum atomic E-state index is 0.0461. The van der Waals surface area contributed by atoms with Crippen molar-refractivity contribution in [1.29, 1.82) is 0 Å². The predicted octanol–water partition coefficient (Wildman–Crippen LogP) is 1.97. The van der Waals surface area contributed by atoms with E-state index in [9.17, 15) is 4.79 Å². The summed E-state index contributed by atoms with van der Waals surface area (Å²) in [6.07, 6.45) is 8.61. The maximum absolute atomic E-state index is 12.3. The van der Waals surface area contributed by atoms with Crippen LogP contribution in [0.1, 0.15) is 68.1 Å². The van der Waals surface area contributed by atoms with Crippen LogP contribution in [0.25, 0.3) is 0 Å². The quantitative estimate of drug-likeness (QED) is 0.851. The lowest BCUT2D eigenvalue weighted by molar-refractivity contribution is 0.460. The first kappa shape index (κ1) is 15.1. The van der Waals surface area contributed by atoms with Crippen LogP contribution >= 0.6 is 0 Å². The molecule has 25 heavy (non-hydrogen) atoms. The molecule has 2 aromatic heterocycles. The number of aryl methyl sites for hydroxylation is 1. The summed E-state index contributed by atoms with van der Waals surface area (Å²) in [5.41, 5.74) is 0.0461. The highest BCUT2D eigenvalue weighted by Crippen LogP contribution is 2.39. The molecule has 0 amide bonds. The van der Waals surface area contributed by atoms with Gasteiger partial charge in [-0.15, -0.1) is 0 Å². The van der Waals surface area contributed by atoms with Gasteiger partial charge in [0.05, 0.1) is 0 Å². The van der Waals surface area contributed by atoms with Gasteiger partial charge in [-0.1, -0.05) is 0 Å². The standard InChI is InChI=1S/C18H24N6O/c1-22-18(25)24(14-4-5-14)17(21-22)13-7-10-23(11-8-13)15-6-9-19-16(20-15)12-2-3-12/h6,9,12-14H,2-5,7-8,10-11H2,1H3. The van der Waals surface area contributed by atoms with Crippen molar-refractivity contribution in [3.63, 3.8) is 0 Å². The Kier molecular flexibility index (Phi) is 3.43. The molecule has 2 aliphatic carbocycles. The van der Waals surface area contributed by atoms with Gasteiger partial charge < -0.3 is 4.90 Å². The summed E-state index contributed by atoms with van der Waals surface area (Å²) >= 11 is 0. The predicted molar refractivity (Wildman–Crippen MR) is 93.9 cm³/mol. The lowest BCUT2D eigenvalue weighted by Gasteiger charge is -2.32. The summed E-state index contributed by atoms with van der Waals surface area (Å²) in [5, 5.41) is 4.56. The van der Waals surface area contributed by atoms with Gasteiger partial charge in [0.2, 0.25) is 0 Å². The highest BCUT2D eigenvalue weighted by molar-refractivity contribution is 5.39. The first-order valence-electron chi connectivity index (χ1n) is 9.44. The van der Waals surface area contributed by atoms with Crippen LogP contribution in [0.3, 0.4) is 0 Å². The number of rotatable bonds is 4. The average Bonchev–Trinajstić information content (AvgIpc) is 3.55. The van der Waals surface area contributed by atoms with Gasteiger partial charge in [-0.3, -0.25) is 4.57 Å². The third-order valence-corrected chi connectivity index (χ3v) is 5.68. The Morgan fingerprint density at radius 1 is 1.04 bits per heavy atom. The van der Waals surface area contributed by atoms with E-state index in [0.29, 0.717) is 17.9 Å². The van der Waals surface area contributed by atoms with Crippen molar-refractivity contribution >= 4 is 5.82 Å². The van der Waals surface area contributed by atoms with Crippen molar-refractivity contribution in [2.45, 2.75) is 56.4 Å². The normalized spacial score (nSPS) is 21.7. The number of hydrogen-bond donors (Lipinski definition) is 0. The fourth-order valence-corrected chi connectivity index (χ4v) is 3.90. The van der Waals surface area contributed by atoms with Crippen LogP contribution in [0.2, 0.25) is 0 Å². The van der Waals surface area contributed by atoms with Crippen LogP contribution < -0.4 is 10.6 Å². The van der Waals surface area contributed by atoms with Crippen LogP contribution in [-0.4, -0.2) is 37.4 Å². The minimum absolute atomic E-state index is 0.0461. The maximum Gasteiger partial charge on any atom is 0.345 e. The first-order valence-corrected chi connectivity index (χ1v) is 9.44. The highest BCUT2D eigenvalue weighted by atomic mass is 16.2. The van der Waals surface area contributed by atoms with Crippen LogP contribution in [0.15, 0.2) is 17.1 Å². The number of anilines is 1. The number of nitrogens with zero attached hydrogens (tertiary/aromatic N) is 6. The molecule has 0 N–H and O–H groups in total. The van der Waals surface area contributed by atoms with Gasteiger partial charge >= 0.3 is 5.69 Å². The Balaban J connectivity index is 1.32. The van der Waals surface area contributed by atoms with E-state index in [1.165, 1.54) is 17.5 Å². The zero-order valence-electron chi connectivity index (χ0n) is 14.6. The maximum atomic E-state index is 12.3. The van der Waals surface area contributed by atoms with Crippen LogP contribution in [-0.2, 0) is 7.05 Å². The Bertz CT molecular complexity index is 839. The van der Waals surface area contributed by atoms with Gasteiger partial charge in [0.25, 0.3) is 0 Å². The fourth-order valence-electron chi connectivity index (χ4n) is 3.90. The second kappa shape index (κ2) is 5.68. The molecule has 132 valence electrons. The molecule has 2 saturated carbocycles. The third-order valence-electron chi connectivity index (χ3n) is 5.68. The van der Waals surface area contributed by atoms with Crippen LogP contribution in [0, 0.1) is 0 Å². The molecule has 7 nitrogen and oxygen atoms in total. The molecular weight excluding hydrogens is 316 g/mol. The van der Waals surface area contributed by atoms with E-state index < -0.39 is 0 Å².